The maximum Gasteiger partial charge on any atom is 0.351 e. The molecule has 264 valence electrons. The summed E-state index contributed by atoms with van der Waals surface area (Å²) in [4.78, 5) is 32.9. The van der Waals surface area contributed by atoms with Crippen LogP contribution in [-0.2, 0) is 19.2 Å². The van der Waals surface area contributed by atoms with E-state index in [1.54, 1.807) is 42.6 Å². The van der Waals surface area contributed by atoms with Gasteiger partial charge in [0.2, 0.25) is 0 Å². The van der Waals surface area contributed by atoms with Gasteiger partial charge in [0.1, 0.15) is 10.2 Å². The Bertz CT molecular complexity index is 1910. The average molecular weight is 730 g/mol. The molecule has 12 nitrogen and oxygen atoms in total. The maximum absolute atomic E-state index is 13.7. The predicted octanol–water partition coefficient (Wildman–Crippen LogP) is 3.59. The van der Waals surface area contributed by atoms with Gasteiger partial charge in [0, 0.05) is 37.7 Å². The molecule has 4 aromatic carbocycles. The smallest absolute Gasteiger partial charge is 0.351 e. The van der Waals surface area contributed by atoms with E-state index in [4.69, 9.17) is 4.74 Å². The quantitative estimate of drug-likeness (QED) is 0.104. The first kappa shape index (κ1) is 36.3. The molecule has 14 heteroatoms. The van der Waals surface area contributed by atoms with Crippen LogP contribution in [0.3, 0.4) is 0 Å². The van der Waals surface area contributed by atoms with Crippen LogP contribution in [0.5, 0.6) is 0 Å². The van der Waals surface area contributed by atoms with Gasteiger partial charge in [-0.05, 0) is 46.6 Å². The number of hydrogen-bond acceptors (Lipinski definition) is 9. The minimum atomic E-state index is -3.29. The van der Waals surface area contributed by atoms with Crippen molar-refractivity contribution in [1.82, 2.24) is 19.7 Å². The highest BCUT2D eigenvalue weighted by Crippen LogP contribution is 2.45. The third-order valence-electron chi connectivity index (χ3n) is 8.79. The Morgan fingerprint density at radius 2 is 1.41 bits per heavy atom. The normalized spacial score (nSPS) is 17.9. The second-order valence-electron chi connectivity index (χ2n) is 12.2. The zero-order valence-electron chi connectivity index (χ0n) is 27.7. The summed E-state index contributed by atoms with van der Waals surface area (Å²) in [6.07, 6.45) is 0.383. The number of nitrogens with zero attached hydrogens (tertiary/aromatic N) is 3. The van der Waals surface area contributed by atoms with Crippen molar-refractivity contribution >= 4 is 19.0 Å². The van der Waals surface area contributed by atoms with Crippen LogP contribution in [-0.4, -0.2) is 52.4 Å². The summed E-state index contributed by atoms with van der Waals surface area (Å²) in [5, 5.41) is 4.84. The lowest BCUT2D eigenvalue weighted by molar-refractivity contribution is -1.63. The molecule has 0 radical (unpaired) electrons. The number of benzene rings is 4. The molecule has 0 bridgehead atoms. The lowest BCUT2D eigenvalue weighted by Gasteiger charge is -2.50. The molecule has 6 rings (SSSR count). The molecule has 3 atom stereocenters. The summed E-state index contributed by atoms with van der Waals surface area (Å²) >= 11 is 0. The number of ether oxygens (including phenoxy) is 1. The van der Waals surface area contributed by atoms with Crippen LogP contribution in [0.15, 0.2) is 138 Å². The molecule has 1 aliphatic heterocycles. The van der Waals surface area contributed by atoms with E-state index in [0.717, 1.165) is 16.7 Å². The van der Waals surface area contributed by atoms with Crippen molar-refractivity contribution in [3.05, 3.63) is 166 Å². The fourth-order valence-corrected chi connectivity index (χ4v) is 8.19. The largest absolute Gasteiger partial charge is 0.352 e. The summed E-state index contributed by atoms with van der Waals surface area (Å²) in [5.74, 6) is -0.310. The van der Waals surface area contributed by atoms with E-state index in [-0.39, 0.29) is 24.9 Å². The van der Waals surface area contributed by atoms with Gasteiger partial charge in [-0.25, -0.2) is 4.79 Å². The van der Waals surface area contributed by atoms with Crippen LogP contribution in [0.2, 0.25) is 0 Å². The molecule has 1 aromatic heterocycles. The first-order valence-electron chi connectivity index (χ1n) is 16.2. The maximum atomic E-state index is 13.7. The summed E-state index contributed by atoms with van der Waals surface area (Å²) < 4.78 is 47.5. The van der Waals surface area contributed by atoms with Crippen LogP contribution < -0.4 is 25.6 Å². The molecule has 1 amide bonds. The van der Waals surface area contributed by atoms with Gasteiger partial charge in [-0.15, -0.1) is 0 Å². The Labute approximate surface area is 298 Å². The van der Waals surface area contributed by atoms with Crippen LogP contribution in [0.1, 0.15) is 39.7 Å². The van der Waals surface area contributed by atoms with Gasteiger partial charge in [-0.2, -0.15) is 4.98 Å². The molecule has 0 saturated carbocycles. The Balaban J connectivity index is 1.41. The minimum absolute atomic E-state index is 0.0378. The molecule has 1 saturated heterocycles. The molecule has 5 aromatic rings. The lowest BCUT2D eigenvalue weighted by atomic mass is 9.75. The van der Waals surface area contributed by atoms with Gasteiger partial charge < -0.3 is 23.9 Å². The van der Waals surface area contributed by atoms with E-state index in [2.05, 4.69) is 61.2 Å². The van der Waals surface area contributed by atoms with Gasteiger partial charge >= 0.3 is 16.5 Å². The number of morpholine rings is 1. The van der Waals surface area contributed by atoms with E-state index in [1.807, 2.05) is 54.6 Å². The molecular weight excluding hydrogens is 693 g/mol. The van der Waals surface area contributed by atoms with Gasteiger partial charge in [-0.3, -0.25) is 14.3 Å². The number of halogens is 1. The van der Waals surface area contributed by atoms with Crippen LogP contribution >= 0.6 is 7.29 Å². The molecule has 2 N–H and O–H groups in total. The van der Waals surface area contributed by atoms with Gasteiger partial charge in [0.15, 0.2) is 13.5 Å². The van der Waals surface area contributed by atoms with E-state index in [0.29, 0.717) is 12.1 Å². The zero-order valence-corrected chi connectivity index (χ0v) is 29.4. The minimum Gasteiger partial charge on any atom is -0.352 e. The highest BCUT2D eigenvalue weighted by Gasteiger charge is 2.46. The Morgan fingerprint density at radius 3 is 1.92 bits per heavy atom. The van der Waals surface area contributed by atoms with E-state index in [9.17, 15) is 23.5 Å². The Hall–Kier alpha value is -4.49. The number of amides is 1. The van der Waals surface area contributed by atoms with Crippen molar-refractivity contribution in [3.8, 4) is 0 Å². The summed E-state index contributed by atoms with van der Waals surface area (Å²) in [6, 6.07) is 40.4. The third kappa shape index (κ3) is 8.53. The Kier molecular flexibility index (Phi) is 11.6. The van der Waals surface area contributed by atoms with E-state index >= 15 is 0 Å². The number of anilines is 1. The van der Waals surface area contributed by atoms with Gasteiger partial charge in [0.25, 0.3) is 5.91 Å². The Morgan fingerprint density at radius 1 is 0.882 bits per heavy atom. The molecule has 2 heterocycles. The lowest BCUT2D eigenvalue weighted by Crippen LogP contribution is -2.57. The SMILES string of the molecule is CP(=O)(CC[C@H]1CN(C(c2ccccc2)(c2ccccc2)c2ccccc2)C[C@H](n2ccc(NC(=O)c3ccccc3)nc2=O)O1)NO[Cl+2]([O-])[O-]. The first-order valence-corrected chi connectivity index (χ1v) is 19.5. The monoisotopic (exact) mass is 729 g/mol. The third-order valence-corrected chi connectivity index (χ3v) is 10.7. The topological polar surface area (TPSA) is 161 Å². The van der Waals surface area contributed by atoms with Crippen molar-refractivity contribution in [1.29, 1.82) is 0 Å². The van der Waals surface area contributed by atoms with Crippen LogP contribution in [0.4, 0.5) is 5.82 Å². The fourth-order valence-electron chi connectivity index (χ4n) is 6.51. The van der Waals surface area contributed by atoms with Crippen molar-refractivity contribution < 1.29 is 38.6 Å². The molecule has 1 aliphatic rings. The van der Waals surface area contributed by atoms with Crippen molar-refractivity contribution in [2.75, 3.05) is 31.2 Å². The van der Waals surface area contributed by atoms with Gasteiger partial charge in [0.05, 0.1) is 11.6 Å². The van der Waals surface area contributed by atoms with Crippen molar-refractivity contribution in [2.24, 2.45) is 0 Å². The second kappa shape index (κ2) is 16.2. The fraction of sp³-hybridized carbons (Fsp3) is 0.216. The van der Waals surface area contributed by atoms with Crippen molar-refractivity contribution in [2.45, 2.75) is 24.3 Å². The number of aromatic nitrogens is 2. The second-order valence-corrected chi connectivity index (χ2v) is 15.6. The number of rotatable bonds is 13. The molecule has 0 aliphatic carbocycles. The van der Waals surface area contributed by atoms with Crippen LogP contribution in [0, 0.1) is 10.8 Å². The number of carbonyl (C=O) groups is 1. The predicted molar refractivity (Wildman–Crippen MR) is 185 cm³/mol. The van der Waals surface area contributed by atoms with Crippen molar-refractivity contribution in [3.63, 3.8) is 0 Å². The highest BCUT2D eigenvalue weighted by molar-refractivity contribution is 7.60. The summed E-state index contributed by atoms with van der Waals surface area (Å²) in [7, 11) is -5.83. The summed E-state index contributed by atoms with van der Waals surface area (Å²) in [5.41, 5.74) is 1.88. The summed E-state index contributed by atoms with van der Waals surface area (Å²) in [6.45, 7) is 1.99. The van der Waals surface area contributed by atoms with E-state index in [1.165, 1.54) is 11.2 Å². The molecular formula is C37H37ClN5O7P. The molecule has 1 fully saturated rings. The zero-order chi connectivity index (χ0) is 35.8. The first-order chi connectivity index (χ1) is 24.7. The molecule has 51 heavy (non-hydrogen) atoms. The van der Waals surface area contributed by atoms with Gasteiger partial charge in [-0.1, -0.05) is 109 Å². The highest BCUT2D eigenvalue weighted by atomic mass is 35.6. The standard InChI is InChI=1S/C37H37ClN5O7P/c1-51(48,41-50-38(46)47)25-23-32-26-42(27-34(49-32)43-24-22-33(40-36(43)45)39-35(44)28-14-6-2-7-15-28)37(29-16-8-3-9-17-29,30-18-10-4-11-19-30)31-20-12-5-13-21-31/h2-22,24,32,34H,23,25-27H2,1H3,(H,41,48)(H,39,40,44,45)/t32-,34+,51?/m0/s1. The average Bonchev–Trinajstić information content (AvgIpc) is 3.15. The molecule has 0 spiro atoms. The molecule has 1 unspecified atom stereocenters. The number of hydrogen-bond donors (Lipinski definition) is 2. The number of nitrogens with one attached hydrogen (secondary N) is 2. The number of carbonyl (C=O) groups excluding carboxylic acids is 1. The van der Waals surface area contributed by atoms with E-state index < -0.39 is 47.5 Å². The van der Waals surface area contributed by atoms with Crippen LogP contribution in [0.25, 0.3) is 0 Å².